The second kappa shape index (κ2) is 2.77. The largest absolute Gasteiger partial charge is 0.0938 e. The van der Waals surface area contributed by atoms with Gasteiger partial charge >= 0.3 is 0 Å². The molecule has 0 amide bonds. The van der Waals surface area contributed by atoms with E-state index in [-0.39, 0.29) is 0 Å². The average molecular weight is 155 g/mol. The lowest BCUT2D eigenvalue weighted by Gasteiger charge is -2.41. The standard InChI is InChI=1S/C9H15S/c10-6-9-5-7-1-3-8(9)4-2-7/h7-9H,1-6H2. The van der Waals surface area contributed by atoms with Crippen LogP contribution in [-0.4, -0.2) is 5.75 Å². The van der Waals surface area contributed by atoms with Gasteiger partial charge in [0.2, 0.25) is 0 Å². The van der Waals surface area contributed by atoms with Gasteiger partial charge in [0.05, 0.1) is 0 Å². The molecule has 3 aliphatic carbocycles. The first-order valence-corrected chi connectivity index (χ1v) is 5.06. The second-order valence-corrected chi connectivity index (χ2v) is 4.28. The van der Waals surface area contributed by atoms with Crippen LogP contribution in [0.2, 0.25) is 0 Å². The summed E-state index contributed by atoms with van der Waals surface area (Å²) in [6.45, 7) is 0. The van der Waals surface area contributed by atoms with E-state index in [9.17, 15) is 0 Å². The van der Waals surface area contributed by atoms with E-state index in [1.807, 2.05) is 0 Å². The lowest BCUT2D eigenvalue weighted by atomic mass is 9.65. The van der Waals surface area contributed by atoms with Gasteiger partial charge in [0, 0.05) is 5.75 Å². The van der Waals surface area contributed by atoms with E-state index in [1.165, 1.54) is 32.1 Å². The molecule has 0 aromatic heterocycles. The van der Waals surface area contributed by atoms with Crippen molar-refractivity contribution in [3.05, 3.63) is 0 Å². The molecule has 0 spiro atoms. The predicted octanol–water partition coefficient (Wildman–Crippen LogP) is 3.01. The zero-order chi connectivity index (χ0) is 6.97. The smallest absolute Gasteiger partial charge is 0.00680 e. The number of hydrogen-bond acceptors (Lipinski definition) is 0. The second-order valence-electron chi connectivity index (χ2n) is 3.94. The first-order chi connectivity index (χ1) is 4.90. The van der Waals surface area contributed by atoms with Gasteiger partial charge in [-0.15, -0.1) is 0 Å². The molecule has 10 heavy (non-hydrogen) atoms. The molecule has 1 unspecified atom stereocenters. The summed E-state index contributed by atoms with van der Waals surface area (Å²) >= 11 is 5.14. The Morgan fingerprint density at radius 1 is 1.10 bits per heavy atom. The van der Waals surface area contributed by atoms with Crippen molar-refractivity contribution in [1.29, 1.82) is 0 Å². The molecule has 3 aliphatic rings. The molecule has 0 heterocycles. The van der Waals surface area contributed by atoms with Gasteiger partial charge in [0.15, 0.2) is 0 Å². The summed E-state index contributed by atoms with van der Waals surface area (Å²) in [5.74, 6) is 4.06. The maximum Gasteiger partial charge on any atom is 0.00680 e. The van der Waals surface area contributed by atoms with Gasteiger partial charge in [-0.3, -0.25) is 0 Å². The fourth-order valence-electron chi connectivity index (χ4n) is 2.72. The van der Waals surface area contributed by atoms with E-state index in [4.69, 9.17) is 12.6 Å². The minimum atomic E-state index is 0.933. The van der Waals surface area contributed by atoms with Crippen molar-refractivity contribution in [2.45, 2.75) is 32.1 Å². The van der Waals surface area contributed by atoms with Gasteiger partial charge in [-0.2, -0.15) is 0 Å². The molecule has 1 atom stereocenters. The van der Waals surface area contributed by atoms with E-state index in [0.717, 1.165) is 23.5 Å². The minimum Gasteiger partial charge on any atom is -0.0938 e. The summed E-state index contributed by atoms with van der Waals surface area (Å²) in [7, 11) is 0. The fourth-order valence-corrected chi connectivity index (χ4v) is 3.13. The Labute approximate surface area is 68.8 Å². The predicted molar refractivity (Wildman–Crippen MR) is 46.0 cm³/mol. The number of fused-ring (bicyclic) bond motifs is 3. The van der Waals surface area contributed by atoms with Crippen LogP contribution in [0.4, 0.5) is 0 Å². The van der Waals surface area contributed by atoms with Gasteiger partial charge < -0.3 is 0 Å². The minimum absolute atomic E-state index is 0.933. The summed E-state index contributed by atoms with van der Waals surface area (Å²) in [6.07, 6.45) is 7.47. The Morgan fingerprint density at radius 3 is 2.10 bits per heavy atom. The van der Waals surface area contributed by atoms with Gasteiger partial charge in [0.1, 0.15) is 0 Å². The van der Waals surface area contributed by atoms with Crippen molar-refractivity contribution < 1.29 is 0 Å². The Morgan fingerprint density at radius 2 is 1.80 bits per heavy atom. The third-order valence-electron chi connectivity index (χ3n) is 3.41. The van der Waals surface area contributed by atoms with Crippen LogP contribution in [-0.2, 0) is 0 Å². The van der Waals surface area contributed by atoms with Gasteiger partial charge in [-0.1, -0.05) is 25.5 Å². The van der Waals surface area contributed by atoms with Crippen LogP contribution in [0.15, 0.2) is 0 Å². The summed E-state index contributed by atoms with van der Waals surface area (Å²) in [5.41, 5.74) is 0. The molecule has 3 fully saturated rings. The molecule has 0 saturated heterocycles. The van der Waals surface area contributed by atoms with Crippen LogP contribution in [0.25, 0.3) is 0 Å². The SMILES string of the molecule is [S]CC1CC2CCC1CC2. The van der Waals surface area contributed by atoms with Crippen molar-refractivity contribution >= 4 is 12.6 Å². The van der Waals surface area contributed by atoms with Crippen molar-refractivity contribution in [2.24, 2.45) is 17.8 Å². The Kier molecular flexibility index (Phi) is 1.94. The monoisotopic (exact) mass is 155 g/mol. The van der Waals surface area contributed by atoms with E-state index in [0.29, 0.717) is 0 Å². The third-order valence-corrected chi connectivity index (χ3v) is 3.84. The molecule has 1 heteroatoms. The highest BCUT2D eigenvalue weighted by atomic mass is 32.1. The normalized spacial score (nSPS) is 45.9. The highest BCUT2D eigenvalue weighted by molar-refractivity contribution is 7.80. The summed E-state index contributed by atoms with van der Waals surface area (Å²) in [4.78, 5) is 0. The Hall–Kier alpha value is 0.350. The van der Waals surface area contributed by atoms with Gasteiger partial charge in [-0.05, 0) is 37.0 Å². The van der Waals surface area contributed by atoms with Gasteiger partial charge in [-0.25, -0.2) is 0 Å². The fraction of sp³-hybridized carbons (Fsp3) is 1.00. The quantitative estimate of drug-likeness (QED) is 0.546. The highest BCUT2D eigenvalue weighted by Gasteiger charge is 2.34. The molecular weight excluding hydrogens is 140 g/mol. The van der Waals surface area contributed by atoms with Crippen molar-refractivity contribution in [3.63, 3.8) is 0 Å². The molecule has 3 rings (SSSR count). The van der Waals surface area contributed by atoms with Crippen molar-refractivity contribution in [1.82, 2.24) is 0 Å². The number of hydrogen-bond donors (Lipinski definition) is 0. The maximum absolute atomic E-state index is 5.14. The molecular formula is C9H15S. The average Bonchev–Trinajstić information content (AvgIpc) is 2.06. The number of rotatable bonds is 1. The topological polar surface area (TPSA) is 0 Å². The van der Waals surface area contributed by atoms with Crippen LogP contribution >= 0.6 is 12.6 Å². The maximum atomic E-state index is 5.14. The van der Waals surface area contributed by atoms with E-state index < -0.39 is 0 Å². The lowest BCUT2D eigenvalue weighted by molar-refractivity contribution is 0.114. The first-order valence-electron chi connectivity index (χ1n) is 4.48. The van der Waals surface area contributed by atoms with Crippen molar-refractivity contribution in [2.75, 3.05) is 5.75 Å². The molecule has 2 bridgehead atoms. The molecule has 0 N–H and O–H groups in total. The molecule has 1 radical (unpaired) electrons. The zero-order valence-electron chi connectivity index (χ0n) is 6.38. The van der Waals surface area contributed by atoms with E-state index in [1.54, 1.807) is 0 Å². The van der Waals surface area contributed by atoms with E-state index >= 15 is 0 Å². The van der Waals surface area contributed by atoms with Crippen molar-refractivity contribution in [3.8, 4) is 0 Å². The third kappa shape index (κ3) is 1.09. The Bertz CT molecular complexity index is 114. The Balaban J connectivity index is 2.01. The van der Waals surface area contributed by atoms with Gasteiger partial charge in [0.25, 0.3) is 0 Å². The molecule has 3 saturated carbocycles. The molecule has 57 valence electrons. The molecule has 0 aromatic carbocycles. The van der Waals surface area contributed by atoms with Crippen LogP contribution in [0, 0.1) is 17.8 Å². The van der Waals surface area contributed by atoms with Crippen LogP contribution in [0.1, 0.15) is 32.1 Å². The summed E-state index contributed by atoms with van der Waals surface area (Å²) in [5, 5.41) is 0. The first kappa shape index (κ1) is 7.02. The zero-order valence-corrected chi connectivity index (χ0v) is 7.20. The summed E-state index contributed by atoms with van der Waals surface area (Å²) < 4.78 is 0. The van der Waals surface area contributed by atoms with Crippen LogP contribution < -0.4 is 0 Å². The lowest BCUT2D eigenvalue weighted by Crippen LogP contribution is -2.31. The highest BCUT2D eigenvalue weighted by Crippen LogP contribution is 2.45. The van der Waals surface area contributed by atoms with E-state index in [2.05, 4.69) is 0 Å². The summed E-state index contributed by atoms with van der Waals surface area (Å²) in [6, 6.07) is 0. The molecule has 0 nitrogen and oxygen atoms in total. The molecule has 0 aliphatic heterocycles. The van der Waals surface area contributed by atoms with Crippen LogP contribution in [0.3, 0.4) is 0 Å². The molecule has 0 aromatic rings. The van der Waals surface area contributed by atoms with Crippen LogP contribution in [0.5, 0.6) is 0 Å².